The van der Waals surface area contributed by atoms with E-state index < -0.39 is 10.0 Å². The van der Waals surface area contributed by atoms with Gasteiger partial charge in [0.15, 0.2) is 0 Å². The van der Waals surface area contributed by atoms with Gasteiger partial charge >= 0.3 is 0 Å². The fourth-order valence-electron chi connectivity index (χ4n) is 4.46. The number of rotatable bonds is 5. The highest BCUT2D eigenvalue weighted by Crippen LogP contribution is 2.29. The highest BCUT2D eigenvalue weighted by Gasteiger charge is 2.29. The number of carbonyl (C=O) groups excluding carboxylic acids is 1. The van der Waals surface area contributed by atoms with Crippen molar-refractivity contribution in [3.63, 3.8) is 0 Å². The Bertz CT molecular complexity index is 824. The number of ether oxygens (including phenoxy) is 1. The van der Waals surface area contributed by atoms with E-state index in [1.807, 2.05) is 6.07 Å². The van der Waals surface area contributed by atoms with Crippen LogP contribution in [-0.2, 0) is 14.8 Å². The summed E-state index contributed by atoms with van der Waals surface area (Å²) in [6.07, 6.45) is 6.83. The highest BCUT2D eigenvalue weighted by molar-refractivity contribution is 7.89. The monoisotopic (exact) mass is 421 g/mol. The average molecular weight is 422 g/mol. The van der Waals surface area contributed by atoms with Crippen molar-refractivity contribution in [1.29, 1.82) is 0 Å². The van der Waals surface area contributed by atoms with Gasteiger partial charge in [-0.1, -0.05) is 6.42 Å². The third kappa shape index (κ3) is 4.59. The van der Waals surface area contributed by atoms with Crippen molar-refractivity contribution < 1.29 is 17.9 Å². The lowest BCUT2D eigenvalue weighted by molar-refractivity contribution is 0.0624. The number of sulfonamides is 1. The van der Waals surface area contributed by atoms with Crippen molar-refractivity contribution in [1.82, 2.24) is 9.62 Å². The minimum absolute atomic E-state index is 0.0231. The predicted octanol–water partition coefficient (Wildman–Crippen LogP) is 2.37. The first-order chi connectivity index (χ1) is 14.1. The molecule has 1 aromatic carbocycles. The van der Waals surface area contributed by atoms with Crippen molar-refractivity contribution in [3.05, 3.63) is 23.8 Å². The summed E-state index contributed by atoms with van der Waals surface area (Å²) < 4.78 is 33.3. The quantitative estimate of drug-likeness (QED) is 0.790. The van der Waals surface area contributed by atoms with Gasteiger partial charge in [0.1, 0.15) is 0 Å². The summed E-state index contributed by atoms with van der Waals surface area (Å²) in [6.45, 7) is 4.13. The van der Waals surface area contributed by atoms with Crippen LogP contribution in [-0.4, -0.2) is 64.1 Å². The minimum atomic E-state index is -3.58. The molecule has 3 heterocycles. The van der Waals surface area contributed by atoms with E-state index in [0.29, 0.717) is 25.3 Å². The first-order valence-electron chi connectivity index (χ1n) is 10.8. The fraction of sp³-hybridized carbons (Fsp3) is 0.667. The average Bonchev–Trinajstić information content (AvgIpc) is 3.29. The summed E-state index contributed by atoms with van der Waals surface area (Å²) in [6, 6.07) is 5.04. The summed E-state index contributed by atoms with van der Waals surface area (Å²) in [5.41, 5.74) is 1.28. The number of hydrogen-bond donors (Lipinski definition) is 1. The molecule has 1 aromatic rings. The van der Waals surface area contributed by atoms with Crippen LogP contribution >= 0.6 is 0 Å². The molecule has 0 aliphatic carbocycles. The second-order valence-electron chi connectivity index (χ2n) is 8.23. The molecule has 1 amide bonds. The Labute approximate surface area is 173 Å². The lowest BCUT2D eigenvalue weighted by Crippen LogP contribution is -2.41. The SMILES string of the molecule is O=C(NC1CCCOC1)c1cc(S(=O)(=O)N2CCCCC2)ccc1N1CCCC1. The molecular weight excluding hydrogens is 390 g/mol. The lowest BCUT2D eigenvalue weighted by Gasteiger charge is -2.28. The Hall–Kier alpha value is -1.64. The molecule has 7 nitrogen and oxygen atoms in total. The Morgan fingerprint density at radius 1 is 1.00 bits per heavy atom. The molecule has 1 atom stereocenters. The number of hydrogen-bond acceptors (Lipinski definition) is 5. The predicted molar refractivity (Wildman–Crippen MR) is 112 cm³/mol. The zero-order valence-electron chi connectivity index (χ0n) is 16.9. The molecule has 3 aliphatic heterocycles. The standard InChI is InChI=1S/C21H31N3O4S/c25-21(22-17-7-6-14-28-16-17)19-15-18(8-9-20(19)23-10-4-5-11-23)29(26,27)24-12-2-1-3-13-24/h8-9,15,17H,1-7,10-14,16H2,(H,22,25). The third-order valence-electron chi connectivity index (χ3n) is 6.11. The Balaban J connectivity index is 1.64. The lowest BCUT2D eigenvalue weighted by atomic mass is 10.1. The maximum absolute atomic E-state index is 13.1. The Morgan fingerprint density at radius 3 is 2.41 bits per heavy atom. The smallest absolute Gasteiger partial charge is 0.253 e. The van der Waals surface area contributed by atoms with E-state index in [-0.39, 0.29) is 16.8 Å². The summed E-state index contributed by atoms with van der Waals surface area (Å²) in [5, 5.41) is 3.06. The van der Waals surface area contributed by atoms with Gasteiger partial charge in [-0.2, -0.15) is 4.31 Å². The van der Waals surface area contributed by atoms with E-state index >= 15 is 0 Å². The molecule has 8 heteroatoms. The number of piperidine rings is 1. The second kappa shape index (κ2) is 9.02. The number of nitrogens with zero attached hydrogens (tertiary/aromatic N) is 2. The first kappa shape index (κ1) is 20.6. The number of carbonyl (C=O) groups is 1. The van der Waals surface area contributed by atoms with Gasteiger partial charge in [0.05, 0.1) is 23.1 Å². The Kier molecular flexibility index (Phi) is 6.41. The van der Waals surface area contributed by atoms with Crippen molar-refractivity contribution in [2.45, 2.75) is 55.9 Å². The third-order valence-corrected chi connectivity index (χ3v) is 8.00. The normalized spacial score (nSPS) is 23.9. The second-order valence-corrected chi connectivity index (χ2v) is 10.2. The van der Waals surface area contributed by atoms with Gasteiger partial charge < -0.3 is 15.0 Å². The van der Waals surface area contributed by atoms with Gasteiger partial charge in [-0.3, -0.25) is 4.79 Å². The van der Waals surface area contributed by atoms with Crippen LogP contribution in [0.4, 0.5) is 5.69 Å². The van der Waals surface area contributed by atoms with Crippen molar-refractivity contribution in [2.24, 2.45) is 0 Å². The topological polar surface area (TPSA) is 78.9 Å². The van der Waals surface area contributed by atoms with Gasteiger partial charge in [-0.15, -0.1) is 0 Å². The highest BCUT2D eigenvalue weighted by atomic mass is 32.2. The van der Waals surface area contributed by atoms with E-state index in [1.54, 1.807) is 16.4 Å². The van der Waals surface area contributed by atoms with Crippen LogP contribution < -0.4 is 10.2 Å². The zero-order valence-corrected chi connectivity index (χ0v) is 17.8. The van der Waals surface area contributed by atoms with Gasteiger partial charge in [0.2, 0.25) is 10.0 Å². The molecule has 4 rings (SSSR count). The van der Waals surface area contributed by atoms with Crippen molar-refractivity contribution in [3.8, 4) is 0 Å². The molecule has 0 bridgehead atoms. The van der Waals surface area contributed by atoms with Gasteiger partial charge in [0, 0.05) is 38.5 Å². The largest absolute Gasteiger partial charge is 0.379 e. The van der Waals surface area contributed by atoms with Crippen LogP contribution in [0, 0.1) is 0 Å². The van der Waals surface area contributed by atoms with E-state index in [2.05, 4.69) is 10.2 Å². The molecule has 29 heavy (non-hydrogen) atoms. The van der Waals surface area contributed by atoms with Crippen LogP contribution in [0.2, 0.25) is 0 Å². The summed E-state index contributed by atoms with van der Waals surface area (Å²) in [5.74, 6) is -0.210. The van der Waals surface area contributed by atoms with E-state index in [4.69, 9.17) is 4.74 Å². The summed E-state index contributed by atoms with van der Waals surface area (Å²) in [7, 11) is -3.58. The summed E-state index contributed by atoms with van der Waals surface area (Å²) in [4.78, 5) is 15.5. The van der Waals surface area contributed by atoms with Crippen LogP contribution in [0.1, 0.15) is 55.3 Å². The maximum atomic E-state index is 13.1. The van der Waals surface area contributed by atoms with Gasteiger partial charge in [0.25, 0.3) is 5.91 Å². The molecule has 160 valence electrons. The van der Waals surface area contributed by atoms with Crippen LogP contribution in [0.25, 0.3) is 0 Å². The molecule has 1 unspecified atom stereocenters. The minimum Gasteiger partial charge on any atom is -0.379 e. The number of benzene rings is 1. The van der Waals surface area contributed by atoms with Gasteiger partial charge in [-0.25, -0.2) is 8.42 Å². The summed E-state index contributed by atoms with van der Waals surface area (Å²) >= 11 is 0. The first-order valence-corrected chi connectivity index (χ1v) is 12.3. The van der Waals surface area contributed by atoms with Crippen molar-refractivity contribution >= 4 is 21.6 Å². The molecule has 1 N–H and O–H groups in total. The molecule has 0 radical (unpaired) electrons. The van der Waals surface area contributed by atoms with Crippen LogP contribution in [0.5, 0.6) is 0 Å². The van der Waals surface area contributed by atoms with E-state index in [0.717, 1.165) is 70.3 Å². The number of anilines is 1. The fourth-order valence-corrected chi connectivity index (χ4v) is 6.01. The van der Waals surface area contributed by atoms with Crippen molar-refractivity contribution in [2.75, 3.05) is 44.3 Å². The van der Waals surface area contributed by atoms with E-state index in [9.17, 15) is 13.2 Å². The van der Waals surface area contributed by atoms with Crippen LogP contribution in [0.3, 0.4) is 0 Å². The Morgan fingerprint density at radius 2 is 1.72 bits per heavy atom. The number of amides is 1. The molecule has 3 fully saturated rings. The molecule has 3 saturated heterocycles. The van der Waals surface area contributed by atoms with Crippen LogP contribution in [0.15, 0.2) is 23.1 Å². The molecule has 0 spiro atoms. The molecule has 0 aromatic heterocycles. The van der Waals surface area contributed by atoms with E-state index in [1.165, 1.54) is 0 Å². The molecular formula is C21H31N3O4S. The number of nitrogens with one attached hydrogen (secondary N) is 1. The molecule has 0 saturated carbocycles. The maximum Gasteiger partial charge on any atom is 0.253 e. The zero-order chi connectivity index (χ0) is 20.3. The molecule has 3 aliphatic rings. The van der Waals surface area contributed by atoms with Gasteiger partial charge in [-0.05, 0) is 56.7 Å².